The molecule has 1 N–H and O–H groups in total. The average molecular weight is 413 g/mol. The molecule has 0 saturated carbocycles. The number of hydrogen-bond acceptors (Lipinski definition) is 5. The van der Waals surface area contributed by atoms with Gasteiger partial charge in [0.25, 0.3) is 11.5 Å². The fraction of sp³-hybridized carbons (Fsp3) is 0.286. The Hall–Kier alpha value is -3.13. The second kappa shape index (κ2) is 8.91. The Morgan fingerprint density at radius 2 is 1.93 bits per heavy atom. The fourth-order valence-corrected chi connectivity index (χ4v) is 3.94. The third-order valence-corrected chi connectivity index (χ3v) is 5.75. The van der Waals surface area contributed by atoms with Crippen LogP contribution in [0.2, 0.25) is 0 Å². The Morgan fingerprint density at radius 1 is 1.21 bits per heavy atom. The molecule has 2 aromatic heterocycles. The molecular weight excluding hydrogens is 390 g/mol. The van der Waals surface area contributed by atoms with Crippen LogP contribution in [-0.4, -0.2) is 22.2 Å². The van der Waals surface area contributed by atoms with Gasteiger partial charge in [-0.05, 0) is 30.2 Å². The summed E-state index contributed by atoms with van der Waals surface area (Å²) in [6, 6.07) is 8.95. The van der Waals surface area contributed by atoms with E-state index in [0.29, 0.717) is 21.6 Å². The first-order valence-electron chi connectivity index (χ1n) is 9.25. The number of fused-ring (bicyclic) bond motifs is 1. The maximum Gasteiger partial charge on any atom is 0.332 e. The predicted molar refractivity (Wildman–Crippen MR) is 115 cm³/mol. The summed E-state index contributed by atoms with van der Waals surface area (Å²) in [7, 11) is 3.21. The molecule has 152 valence electrons. The van der Waals surface area contributed by atoms with Crippen LogP contribution in [0.15, 0.2) is 52.1 Å². The summed E-state index contributed by atoms with van der Waals surface area (Å²) in [5, 5.41) is 3.22. The molecule has 0 atom stereocenters. The second-order valence-electron chi connectivity index (χ2n) is 6.50. The number of nitrogens with one attached hydrogen (secondary N) is 1. The highest BCUT2D eigenvalue weighted by molar-refractivity contribution is 7.20. The Labute approximate surface area is 171 Å². The maximum atomic E-state index is 12.8. The molecule has 1 aromatic carbocycles. The zero-order valence-corrected chi connectivity index (χ0v) is 17.4. The first-order valence-corrected chi connectivity index (χ1v) is 10.1. The summed E-state index contributed by atoms with van der Waals surface area (Å²) in [4.78, 5) is 38.7. The smallest absolute Gasteiger partial charge is 0.332 e. The van der Waals surface area contributed by atoms with Crippen molar-refractivity contribution in [3.8, 4) is 5.75 Å². The summed E-state index contributed by atoms with van der Waals surface area (Å²) < 4.78 is 7.72. The number of amides is 1. The van der Waals surface area contributed by atoms with Crippen molar-refractivity contribution in [2.45, 2.75) is 26.4 Å². The molecule has 0 saturated heterocycles. The summed E-state index contributed by atoms with van der Waals surface area (Å²) in [5.41, 5.74) is 0.155. The number of thiophene rings is 1. The van der Waals surface area contributed by atoms with Gasteiger partial charge in [0.05, 0.1) is 17.4 Å². The van der Waals surface area contributed by atoms with Crippen molar-refractivity contribution < 1.29 is 9.53 Å². The van der Waals surface area contributed by atoms with Crippen LogP contribution in [0.4, 0.5) is 0 Å². The molecule has 0 radical (unpaired) electrons. The van der Waals surface area contributed by atoms with Crippen LogP contribution in [0.1, 0.15) is 28.6 Å². The lowest BCUT2D eigenvalue weighted by atomic mass is 10.2. The van der Waals surface area contributed by atoms with Crippen LogP contribution in [0.3, 0.4) is 0 Å². The Kier molecular flexibility index (Phi) is 6.33. The fourth-order valence-electron chi connectivity index (χ4n) is 2.92. The number of allylic oxidation sites excluding steroid dienone is 2. The Balaban J connectivity index is 1.86. The quantitative estimate of drug-likeness (QED) is 0.604. The molecule has 7 nitrogen and oxygen atoms in total. The van der Waals surface area contributed by atoms with Crippen LogP contribution < -0.4 is 21.3 Å². The molecule has 0 aliphatic rings. The zero-order chi connectivity index (χ0) is 21.0. The molecule has 1 amide bonds. The van der Waals surface area contributed by atoms with Crippen molar-refractivity contribution in [3.05, 3.63) is 73.8 Å². The van der Waals surface area contributed by atoms with E-state index in [1.807, 2.05) is 37.3 Å². The minimum absolute atomic E-state index is 0.212. The number of ether oxygens (including phenoxy) is 1. The van der Waals surface area contributed by atoms with E-state index in [0.717, 1.165) is 29.1 Å². The molecule has 0 fully saturated rings. The number of carbonyl (C=O) groups excluding carboxylic acids is 1. The standard InChI is InChI=1S/C21H23N3O4S/c1-4-5-6-11-24-19(26)16-12-17(29-20(16)23(2)21(24)27)18(25)22-13-14-7-9-15(28-3)10-8-14/h5-10,12H,4,11,13H2,1-3H3,(H,22,25)/b6-5+. The number of benzene rings is 1. The molecule has 0 bridgehead atoms. The second-order valence-corrected chi connectivity index (χ2v) is 7.53. The molecule has 0 spiro atoms. The highest BCUT2D eigenvalue weighted by Crippen LogP contribution is 2.22. The zero-order valence-electron chi connectivity index (χ0n) is 16.6. The number of aryl methyl sites for hydroxylation is 1. The third-order valence-electron chi connectivity index (χ3n) is 4.54. The van der Waals surface area contributed by atoms with Crippen molar-refractivity contribution in [2.75, 3.05) is 7.11 Å². The van der Waals surface area contributed by atoms with E-state index in [1.54, 1.807) is 26.3 Å². The molecule has 2 heterocycles. The highest BCUT2D eigenvalue weighted by atomic mass is 32.1. The maximum absolute atomic E-state index is 12.8. The topological polar surface area (TPSA) is 82.3 Å². The van der Waals surface area contributed by atoms with Gasteiger partial charge in [0, 0.05) is 20.1 Å². The van der Waals surface area contributed by atoms with Crippen LogP contribution in [0, 0.1) is 0 Å². The lowest BCUT2D eigenvalue weighted by molar-refractivity contribution is 0.0955. The van der Waals surface area contributed by atoms with Gasteiger partial charge in [0.2, 0.25) is 0 Å². The minimum Gasteiger partial charge on any atom is -0.497 e. The SMILES string of the molecule is CC/C=C/Cn1c(=O)c2cc(C(=O)NCc3ccc(OC)cc3)sc2n(C)c1=O. The van der Waals surface area contributed by atoms with E-state index in [9.17, 15) is 14.4 Å². The van der Waals surface area contributed by atoms with Crippen molar-refractivity contribution in [1.29, 1.82) is 0 Å². The number of aromatic nitrogens is 2. The van der Waals surface area contributed by atoms with Crippen molar-refractivity contribution >= 4 is 27.5 Å². The van der Waals surface area contributed by atoms with E-state index in [2.05, 4.69) is 5.32 Å². The molecular formula is C21H23N3O4S. The monoisotopic (exact) mass is 413 g/mol. The Morgan fingerprint density at radius 3 is 2.59 bits per heavy atom. The van der Waals surface area contributed by atoms with Gasteiger partial charge in [0.15, 0.2) is 0 Å². The van der Waals surface area contributed by atoms with Crippen molar-refractivity contribution in [2.24, 2.45) is 7.05 Å². The summed E-state index contributed by atoms with van der Waals surface area (Å²) in [6.45, 7) is 2.54. The lowest BCUT2D eigenvalue weighted by Gasteiger charge is -2.05. The number of rotatable bonds is 7. The van der Waals surface area contributed by atoms with Crippen LogP contribution >= 0.6 is 11.3 Å². The summed E-state index contributed by atoms with van der Waals surface area (Å²) in [6.07, 6.45) is 4.53. The molecule has 8 heteroatoms. The van der Waals surface area contributed by atoms with Crippen LogP contribution in [0.25, 0.3) is 10.2 Å². The molecule has 0 unspecified atom stereocenters. The summed E-state index contributed by atoms with van der Waals surface area (Å²) >= 11 is 1.14. The largest absolute Gasteiger partial charge is 0.497 e. The van der Waals surface area contributed by atoms with Gasteiger partial charge in [-0.2, -0.15) is 0 Å². The van der Waals surface area contributed by atoms with E-state index in [1.165, 1.54) is 9.13 Å². The van der Waals surface area contributed by atoms with Gasteiger partial charge in [-0.3, -0.25) is 18.7 Å². The van der Waals surface area contributed by atoms with E-state index >= 15 is 0 Å². The number of carbonyl (C=O) groups is 1. The third kappa shape index (κ3) is 4.32. The number of nitrogens with zero attached hydrogens (tertiary/aromatic N) is 2. The van der Waals surface area contributed by atoms with Gasteiger partial charge in [-0.25, -0.2) is 4.79 Å². The Bertz CT molecular complexity index is 1170. The van der Waals surface area contributed by atoms with E-state index in [-0.39, 0.29) is 18.0 Å². The molecule has 0 aliphatic heterocycles. The average Bonchev–Trinajstić information content (AvgIpc) is 3.19. The van der Waals surface area contributed by atoms with E-state index < -0.39 is 5.69 Å². The molecule has 29 heavy (non-hydrogen) atoms. The van der Waals surface area contributed by atoms with Gasteiger partial charge >= 0.3 is 5.69 Å². The lowest BCUT2D eigenvalue weighted by Crippen LogP contribution is -2.38. The van der Waals surface area contributed by atoms with Crippen molar-refractivity contribution in [1.82, 2.24) is 14.5 Å². The molecule has 0 aliphatic carbocycles. The van der Waals surface area contributed by atoms with Crippen molar-refractivity contribution in [3.63, 3.8) is 0 Å². The summed E-state index contributed by atoms with van der Waals surface area (Å²) in [5.74, 6) is 0.460. The van der Waals surface area contributed by atoms with Gasteiger partial charge in [-0.15, -0.1) is 11.3 Å². The van der Waals surface area contributed by atoms with Gasteiger partial charge in [-0.1, -0.05) is 31.2 Å². The number of methoxy groups -OCH3 is 1. The van der Waals surface area contributed by atoms with Gasteiger partial charge in [0.1, 0.15) is 10.6 Å². The van der Waals surface area contributed by atoms with E-state index in [4.69, 9.17) is 4.74 Å². The first kappa shape index (κ1) is 20.6. The number of hydrogen-bond donors (Lipinski definition) is 1. The van der Waals surface area contributed by atoms with Gasteiger partial charge < -0.3 is 10.1 Å². The molecule has 3 aromatic rings. The highest BCUT2D eigenvalue weighted by Gasteiger charge is 2.17. The molecule has 3 rings (SSSR count). The normalized spacial score (nSPS) is 11.3. The van der Waals surface area contributed by atoms with Crippen LogP contribution in [-0.2, 0) is 20.1 Å². The first-order chi connectivity index (χ1) is 14.0. The van der Waals surface area contributed by atoms with Crippen LogP contribution in [0.5, 0.6) is 5.75 Å². The minimum atomic E-state index is -0.393. The predicted octanol–water partition coefficient (Wildman–Crippen LogP) is 2.67.